The van der Waals surface area contributed by atoms with Crippen molar-refractivity contribution in [2.45, 2.75) is 6.92 Å². The van der Waals surface area contributed by atoms with E-state index in [1.807, 2.05) is 37.6 Å². The third-order valence-corrected chi connectivity index (χ3v) is 2.97. The maximum Gasteiger partial charge on any atom is 0.0451 e. The normalized spacial score (nSPS) is 10.6. The van der Waals surface area contributed by atoms with E-state index in [9.17, 15) is 0 Å². The van der Waals surface area contributed by atoms with Crippen molar-refractivity contribution < 1.29 is 0 Å². The number of nitrogens with zero attached hydrogens (tertiary/aromatic N) is 2. The summed E-state index contributed by atoms with van der Waals surface area (Å²) in [5.41, 5.74) is 3.33. The molecule has 2 heteroatoms. The minimum atomic E-state index is 1.03. The summed E-state index contributed by atoms with van der Waals surface area (Å²) in [6.45, 7) is 2.02. The second kappa shape index (κ2) is 3.98. The van der Waals surface area contributed by atoms with E-state index in [2.05, 4.69) is 34.2 Å². The SMILES string of the molecule is Cc1ncccc1-c1cncc2ccccc12. The number of aryl methyl sites for hydroxylation is 1. The molecule has 3 rings (SSSR count). The van der Waals surface area contributed by atoms with Gasteiger partial charge in [-0.15, -0.1) is 0 Å². The highest BCUT2D eigenvalue weighted by Gasteiger charge is 2.06. The van der Waals surface area contributed by atoms with Crippen molar-refractivity contribution in [1.29, 1.82) is 0 Å². The van der Waals surface area contributed by atoms with Gasteiger partial charge in [0, 0.05) is 40.8 Å². The van der Waals surface area contributed by atoms with Gasteiger partial charge in [0.1, 0.15) is 0 Å². The molecule has 2 heterocycles. The molecule has 0 unspecified atom stereocenters. The Kier molecular flexibility index (Phi) is 2.33. The Bertz CT molecular complexity index is 669. The first-order valence-electron chi connectivity index (χ1n) is 5.61. The Morgan fingerprint density at radius 3 is 2.65 bits per heavy atom. The van der Waals surface area contributed by atoms with Crippen LogP contribution in [0, 0.1) is 6.92 Å². The van der Waals surface area contributed by atoms with Crippen molar-refractivity contribution in [3.63, 3.8) is 0 Å². The maximum absolute atomic E-state index is 4.33. The van der Waals surface area contributed by atoms with Gasteiger partial charge < -0.3 is 0 Å². The van der Waals surface area contributed by atoms with E-state index in [4.69, 9.17) is 0 Å². The molecule has 0 fully saturated rings. The smallest absolute Gasteiger partial charge is 0.0451 e. The molecular formula is C15H12N2. The number of rotatable bonds is 1. The monoisotopic (exact) mass is 220 g/mol. The highest BCUT2D eigenvalue weighted by atomic mass is 14.7. The Morgan fingerprint density at radius 2 is 1.76 bits per heavy atom. The maximum atomic E-state index is 4.33. The standard InChI is InChI=1S/C15H12N2/c1-11-13(7-4-8-17-11)15-10-16-9-12-5-2-3-6-14(12)15/h2-10H,1H3. The molecule has 0 aliphatic rings. The number of benzene rings is 1. The molecule has 17 heavy (non-hydrogen) atoms. The van der Waals surface area contributed by atoms with E-state index in [1.54, 1.807) is 0 Å². The first-order chi connectivity index (χ1) is 8.36. The quantitative estimate of drug-likeness (QED) is 0.626. The highest BCUT2D eigenvalue weighted by molar-refractivity contribution is 5.96. The fourth-order valence-electron chi connectivity index (χ4n) is 2.10. The molecular weight excluding hydrogens is 208 g/mol. The highest BCUT2D eigenvalue weighted by Crippen LogP contribution is 2.28. The first-order valence-corrected chi connectivity index (χ1v) is 5.61. The molecule has 2 nitrogen and oxygen atoms in total. The summed E-state index contributed by atoms with van der Waals surface area (Å²) < 4.78 is 0. The minimum absolute atomic E-state index is 1.03. The third kappa shape index (κ3) is 1.68. The van der Waals surface area contributed by atoms with E-state index < -0.39 is 0 Å². The number of fused-ring (bicyclic) bond motifs is 1. The van der Waals surface area contributed by atoms with Gasteiger partial charge in [0.2, 0.25) is 0 Å². The van der Waals surface area contributed by atoms with Gasteiger partial charge >= 0.3 is 0 Å². The lowest BCUT2D eigenvalue weighted by Gasteiger charge is -2.07. The van der Waals surface area contributed by atoms with Crippen LogP contribution in [-0.2, 0) is 0 Å². The van der Waals surface area contributed by atoms with Crippen molar-refractivity contribution in [3.05, 3.63) is 60.7 Å². The lowest BCUT2D eigenvalue weighted by Crippen LogP contribution is -1.89. The Labute approximate surface area is 100.0 Å². The first kappa shape index (κ1) is 9.97. The molecule has 0 saturated carbocycles. The molecule has 0 radical (unpaired) electrons. The predicted octanol–water partition coefficient (Wildman–Crippen LogP) is 3.61. The molecule has 0 saturated heterocycles. The molecule has 0 N–H and O–H groups in total. The van der Waals surface area contributed by atoms with Crippen LogP contribution in [0.15, 0.2) is 55.0 Å². The fourth-order valence-corrected chi connectivity index (χ4v) is 2.10. The zero-order valence-corrected chi connectivity index (χ0v) is 9.59. The summed E-state index contributed by atoms with van der Waals surface area (Å²) in [6, 6.07) is 12.3. The number of aromatic nitrogens is 2. The fraction of sp³-hybridized carbons (Fsp3) is 0.0667. The number of pyridine rings is 2. The van der Waals surface area contributed by atoms with Crippen LogP contribution >= 0.6 is 0 Å². The third-order valence-electron chi connectivity index (χ3n) is 2.97. The van der Waals surface area contributed by atoms with E-state index in [-0.39, 0.29) is 0 Å². The Hall–Kier alpha value is -2.22. The average Bonchev–Trinajstić information content (AvgIpc) is 2.39. The van der Waals surface area contributed by atoms with Crippen LogP contribution in [-0.4, -0.2) is 9.97 Å². The van der Waals surface area contributed by atoms with Crippen molar-refractivity contribution >= 4 is 10.8 Å². The largest absolute Gasteiger partial charge is 0.263 e. The number of hydrogen-bond donors (Lipinski definition) is 0. The summed E-state index contributed by atoms with van der Waals surface area (Å²) >= 11 is 0. The lowest BCUT2D eigenvalue weighted by molar-refractivity contribution is 1.20. The predicted molar refractivity (Wildman–Crippen MR) is 69.7 cm³/mol. The van der Waals surface area contributed by atoms with Gasteiger partial charge in [-0.2, -0.15) is 0 Å². The second-order valence-electron chi connectivity index (χ2n) is 4.04. The second-order valence-corrected chi connectivity index (χ2v) is 4.04. The molecule has 0 bridgehead atoms. The molecule has 0 amide bonds. The van der Waals surface area contributed by atoms with Crippen LogP contribution in [0.25, 0.3) is 21.9 Å². The zero-order valence-electron chi connectivity index (χ0n) is 9.59. The van der Waals surface area contributed by atoms with Gasteiger partial charge in [0.25, 0.3) is 0 Å². The molecule has 0 spiro atoms. The summed E-state index contributed by atoms with van der Waals surface area (Å²) in [6.07, 6.45) is 5.62. The van der Waals surface area contributed by atoms with Gasteiger partial charge in [-0.25, -0.2) is 0 Å². The number of hydrogen-bond acceptors (Lipinski definition) is 2. The molecule has 82 valence electrons. The van der Waals surface area contributed by atoms with Crippen LogP contribution in [0.1, 0.15) is 5.69 Å². The van der Waals surface area contributed by atoms with E-state index in [0.29, 0.717) is 0 Å². The molecule has 0 atom stereocenters. The van der Waals surface area contributed by atoms with E-state index in [0.717, 1.165) is 22.2 Å². The minimum Gasteiger partial charge on any atom is -0.263 e. The van der Waals surface area contributed by atoms with E-state index >= 15 is 0 Å². The van der Waals surface area contributed by atoms with Gasteiger partial charge in [0.05, 0.1) is 0 Å². The molecule has 1 aromatic carbocycles. The van der Waals surface area contributed by atoms with Crippen molar-refractivity contribution in [1.82, 2.24) is 9.97 Å². The lowest BCUT2D eigenvalue weighted by atomic mass is 10.0. The molecule has 0 aliphatic heterocycles. The topological polar surface area (TPSA) is 25.8 Å². The summed E-state index contributed by atoms with van der Waals surface area (Å²) in [4.78, 5) is 8.64. The van der Waals surface area contributed by atoms with Gasteiger partial charge in [-0.1, -0.05) is 30.3 Å². The van der Waals surface area contributed by atoms with Gasteiger partial charge in [-0.05, 0) is 18.4 Å². The van der Waals surface area contributed by atoms with Gasteiger partial charge in [-0.3, -0.25) is 9.97 Å². The van der Waals surface area contributed by atoms with Crippen molar-refractivity contribution in [2.75, 3.05) is 0 Å². The zero-order chi connectivity index (χ0) is 11.7. The summed E-state index contributed by atoms with van der Waals surface area (Å²) in [5, 5.41) is 2.38. The van der Waals surface area contributed by atoms with Crippen molar-refractivity contribution in [2.24, 2.45) is 0 Å². The van der Waals surface area contributed by atoms with Crippen LogP contribution in [0.4, 0.5) is 0 Å². The molecule has 3 aromatic rings. The van der Waals surface area contributed by atoms with Crippen LogP contribution in [0.2, 0.25) is 0 Å². The van der Waals surface area contributed by atoms with Crippen LogP contribution in [0.5, 0.6) is 0 Å². The van der Waals surface area contributed by atoms with E-state index in [1.165, 1.54) is 5.39 Å². The average molecular weight is 220 g/mol. The van der Waals surface area contributed by atoms with Gasteiger partial charge in [0.15, 0.2) is 0 Å². The molecule has 2 aromatic heterocycles. The van der Waals surface area contributed by atoms with Crippen LogP contribution in [0.3, 0.4) is 0 Å². The van der Waals surface area contributed by atoms with Crippen LogP contribution < -0.4 is 0 Å². The Morgan fingerprint density at radius 1 is 0.882 bits per heavy atom. The summed E-state index contributed by atoms with van der Waals surface area (Å²) in [7, 11) is 0. The molecule has 0 aliphatic carbocycles. The summed E-state index contributed by atoms with van der Waals surface area (Å²) in [5.74, 6) is 0. The Balaban J connectivity index is 2.35. The van der Waals surface area contributed by atoms with Crippen molar-refractivity contribution in [3.8, 4) is 11.1 Å².